The summed E-state index contributed by atoms with van der Waals surface area (Å²) < 4.78 is 0.910. The molecule has 3 aromatic rings. The van der Waals surface area contributed by atoms with Crippen molar-refractivity contribution >= 4 is 33.3 Å². The van der Waals surface area contributed by atoms with E-state index in [4.69, 9.17) is 0 Å². The third-order valence-electron chi connectivity index (χ3n) is 4.81. The summed E-state index contributed by atoms with van der Waals surface area (Å²) in [6, 6.07) is 12.1. The van der Waals surface area contributed by atoms with Crippen LogP contribution in [0, 0.1) is 5.92 Å². The van der Waals surface area contributed by atoms with E-state index in [1.807, 2.05) is 29.6 Å². The summed E-state index contributed by atoms with van der Waals surface area (Å²) in [5, 5.41) is 5.24. The minimum Gasteiger partial charge on any atom is -0.350 e. The third-order valence-corrected chi connectivity index (χ3v) is 5.72. The van der Waals surface area contributed by atoms with E-state index in [9.17, 15) is 4.79 Å². The van der Waals surface area contributed by atoms with Crippen molar-refractivity contribution in [1.29, 1.82) is 0 Å². The molecule has 0 unspecified atom stereocenters. The van der Waals surface area contributed by atoms with Crippen LogP contribution in [0.4, 0.5) is 5.95 Å². The number of benzene rings is 1. The predicted octanol–water partition coefficient (Wildman–Crippen LogP) is 5.07. The average Bonchev–Trinajstić information content (AvgIpc) is 3.31. The third kappa shape index (κ3) is 3.71. The van der Waals surface area contributed by atoms with E-state index in [1.54, 1.807) is 11.3 Å². The Hall–Kier alpha value is -2.27. The SMILES string of the molecule is O=C(CC1CCCC1)c1nc(NCc2ccccc2)nc2ccsc12. The Balaban J connectivity index is 1.57. The average molecular weight is 351 g/mol. The minimum atomic E-state index is 0.157. The molecule has 1 aromatic carbocycles. The lowest BCUT2D eigenvalue weighted by molar-refractivity contribution is 0.0959. The molecule has 5 heteroatoms. The fraction of sp³-hybridized carbons (Fsp3) is 0.350. The molecule has 4 rings (SSSR count). The van der Waals surface area contributed by atoms with Crippen molar-refractivity contribution in [3.63, 3.8) is 0 Å². The number of ketones is 1. The molecule has 0 bridgehead atoms. The van der Waals surface area contributed by atoms with Gasteiger partial charge in [0, 0.05) is 13.0 Å². The molecule has 1 N–H and O–H groups in total. The second kappa shape index (κ2) is 7.31. The highest BCUT2D eigenvalue weighted by Gasteiger charge is 2.22. The van der Waals surface area contributed by atoms with Gasteiger partial charge in [-0.15, -0.1) is 11.3 Å². The first-order valence-electron chi connectivity index (χ1n) is 8.86. The lowest BCUT2D eigenvalue weighted by Gasteiger charge is -2.10. The van der Waals surface area contributed by atoms with Crippen LogP contribution in [0.15, 0.2) is 41.8 Å². The summed E-state index contributed by atoms with van der Waals surface area (Å²) in [5.74, 6) is 1.22. The number of nitrogens with zero attached hydrogens (tertiary/aromatic N) is 2. The summed E-state index contributed by atoms with van der Waals surface area (Å²) in [5.41, 5.74) is 2.60. The summed E-state index contributed by atoms with van der Waals surface area (Å²) in [6.45, 7) is 0.646. The van der Waals surface area contributed by atoms with Gasteiger partial charge in [-0.05, 0) is 22.9 Å². The lowest BCUT2D eigenvalue weighted by atomic mass is 9.99. The zero-order chi connectivity index (χ0) is 17.1. The number of fused-ring (bicyclic) bond motifs is 1. The molecule has 2 aromatic heterocycles. The van der Waals surface area contributed by atoms with Crippen LogP contribution in [0.3, 0.4) is 0 Å². The van der Waals surface area contributed by atoms with Crippen LogP contribution in [-0.2, 0) is 6.54 Å². The number of anilines is 1. The number of carbonyl (C=O) groups excluding carboxylic acids is 1. The first-order valence-corrected chi connectivity index (χ1v) is 9.74. The molecule has 0 amide bonds. The molecule has 0 aliphatic heterocycles. The minimum absolute atomic E-state index is 0.157. The fourth-order valence-corrected chi connectivity index (χ4v) is 4.32. The molecule has 2 heterocycles. The van der Waals surface area contributed by atoms with Gasteiger partial charge < -0.3 is 5.32 Å². The first-order chi connectivity index (χ1) is 12.3. The standard InChI is InChI=1S/C20H21N3OS/c24-17(12-14-6-4-5-7-14)18-19-16(10-11-25-19)22-20(23-18)21-13-15-8-2-1-3-9-15/h1-3,8-11,14H,4-7,12-13H2,(H,21,22,23). The highest BCUT2D eigenvalue weighted by Crippen LogP contribution is 2.31. The number of hydrogen-bond donors (Lipinski definition) is 1. The van der Waals surface area contributed by atoms with E-state index in [0.717, 1.165) is 15.8 Å². The van der Waals surface area contributed by atoms with Gasteiger partial charge in [0.2, 0.25) is 5.95 Å². The Labute approximate surface area is 151 Å². The molecule has 128 valence electrons. The van der Waals surface area contributed by atoms with Gasteiger partial charge in [-0.1, -0.05) is 56.0 Å². The van der Waals surface area contributed by atoms with Crippen molar-refractivity contribution in [2.75, 3.05) is 5.32 Å². The fourth-order valence-electron chi connectivity index (χ4n) is 3.48. The number of thiophene rings is 1. The lowest BCUT2D eigenvalue weighted by Crippen LogP contribution is -2.11. The van der Waals surface area contributed by atoms with Gasteiger partial charge >= 0.3 is 0 Å². The van der Waals surface area contributed by atoms with Crippen LogP contribution in [0.2, 0.25) is 0 Å². The quantitative estimate of drug-likeness (QED) is 0.630. The number of hydrogen-bond acceptors (Lipinski definition) is 5. The van der Waals surface area contributed by atoms with E-state index in [1.165, 1.54) is 25.7 Å². The zero-order valence-corrected chi connectivity index (χ0v) is 14.9. The summed E-state index contributed by atoms with van der Waals surface area (Å²) in [4.78, 5) is 22.0. The maximum Gasteiger partial charge on any atom is 0.224 e. The van der Waals surface area contributed by atoms with Gasteiger partial charge in [0.15, 0.2) is 5.78 Å². The Kier molecular flexibility index (Phi) is 4.74. The van der Waals surface area contributed by atoms with Gasteiger partial charge in [-0.25, -0.2) is 9.97 Å². The molecule has 1 aliphatic carbocycles. The molecule has 0 spiro atoms. The van der Waals surface area contributed by atoms with Crippen molar-refractivity contribution in [2.24, 2.45) is 5.92 Å². The highest BCUT2D eigenvalue weighted by molar-refractivity contribution is 7.17. The van der Waals surface area contributed by atoms with Gasteiger partial charge in [-0.2, -0.15) is 0 Å². The second-order valence-electron chi connectivity index (χ2n) is 6.65. The molecule has 0 saturated heterocycles. The molecule has 1 aliphatic rings. The van der Waals surface area contributed by atoms with Crippen molar-refractivity contribution in [3.8, 4) is 0 Å². The predicted molar refractivity (Wildman–Crippen MR) is 102 cm³/mol. The van der Waals surface area contributed by atoms with Crippen LogP contribution in [0.5, 0.6) is 0 Å². The van der Waals surface area contributed by atoms with Crippen LogP contribution < -0.4 is 5.32 Å². The van der Waals surface area contributed by atoms with Crippen LogP contribution in [-0.4, -0.2) is 15.8 Å². The first kappa shape index (κ1) is 16.2. The maximum absolute atomic E-state index is 12.8. The molecule has 1 fully saturated rings. The number of Topliss-reactive ketones (excluding diaryl/α,β-unsaturated/α-hetero) is 1. The number of rotatable bonds is 6. The monoisotopic (exact) mass is 351 g/mol. The van der Waals surface area contributed by atoms with E-state index < -0.39 is 0 Å². The summed E-state index contributed by atoms with van der Waals surface area (Å²) >= 11 is 1.55. The maximum atomic E-state index is 12.8. The van der Waals surface area contributed by atoms with E-state index in [-0.39, 0.29) is 5.78 Å². The molecule has 4 nitrogen and oxygen atoms in total. The van der Waals surface area contributed by atoms with Crippen molar-refractivity contribution < 1.29 is 4.79 Å². The largest absolute Gasteiger partial charge is 0.350 e. The molecule has 0 atom stereocenters. The van der Waals surface area contributed by atoms with Gasteiger partial charge in [0.05, 0.1) is 10.2 Å². The summed E-state index contributed by atoms with van der Waals surface area (Å²) in [6.07, 6.45) is 5.45. The van der Waals surface area contributed by atoms with Crippen LogP contribution in [0.1, 0.15) is 48.2 Å². The van der Waals surface area contributed by atoms with Crippen molar-refractivity contribution in [2.45, 2.75) is 38.6 Å². The molecular weight excluding hydrogens is 330 g/mol. The van der Waals surface area contributed by atoms with Crippen molar-refractivity contribution in [1.82, 2.24) is 9.97 Å². The van der Waals surface area contributed by atoms with Crippen LogP contribution in [0.25, 0.3) is 10.2 Å². The number of carbonyl (C=O) groups is 1. The van der Waals surface area contributed by atoms with Crippen LogP contribution >= 0.6 is 11.3 Å². The smallest absolute Gasteiger partial charge is 0.224 e. The number of nitrogens with one attached hydrogen (secondary N) is 1. The Morgan fingerprint density at radius 2 is 1.92 bits per heavy atom. The topological polar surface area (TPSA) is 54.9 Å². The highest BCUT2D eigenvalue weighted by atomic mass is 32.1. The van der Waals surface area contributed by atoms with E-state index in [2.05, 4.69) is 27.4 Å². The molecule has 0 radical (unpaired) electrons. The van der Waals surface area contributed by atoms with Gasteiger partial charge in [-0.3, -0.25) is 4.79 Å². The Morgan fingerprint density at radius 3 is 2.72 bits per heavy atom. The zero-order valence-electron chi connectivity index (χ0n) is 14.1. The number of aromatic nitrogens is 2. The van der Waals surface area contributed by atoms with Gasteiger partial charge in [0.25, 0.3) is 0 Å². The Morgan fingerprint density at radius 1 is 1.12 bits per heavy atom. The normalized spacial score (nSPS) is 14.9. The molecule has 1 saturated carbocycles. The second-order valence-corrected chi connectivity index (χ2v) is 7.56. The molecule has 25 heavy (non-hydrogen) atoms. The van der Waals surface area contributed by atoms with E-state index in [0.29, 0.717) is 30.5 Å². The Bertz CT molecular complexity index is 869. The molecular formula is C20H21N3OS. The summed E-state index contributed by atoms with van der Waals surface area (Å²) in [7, 11) is 0. The van der Waals surface area contributed by atoms with E-state index >= 15 is 0 Å². The van der Waals surface area contributed by atoms with Gasteiger partial charge in [0.1, 0.15) is 5.69 Å². The van der Waals surface area contributed by atoms with Crippen molar-refractivity contribution in [3.05, 3.63) is 53.0 Å².